The maximum absolute atomic E-state index is 12.9. The Morgan fingerprint density at radius 2 is 1.68 bits per heavy atom. The number of rotatable bonds is 3. The van der Waals surface area contributed by atoms with Gasteiger partial charge in [-0.2, -0.15) is 0 Å². The van der Waals surface area contributed by atoms with Crippen LogP contribution in [0.3, 0.4) is 0 Å². The van der Waals surface area contributed by atoms with E-state index in [4.69, 9.17) is 12.2 Å². The van der Waals surface area contributed by atoms with E-state index in [1.165, 1.54) is 30.3 Å². The summed E-state index contributed by atoms with van der Waals surface area (Å²) >= 11 is 5.38. The Hall–Kier alpha value is -2.73. The summed E-state index contributed by atoms with van der Waals surface area (Å²) in [5.41, 5.74) is 1.78. The van der Waals surface area contributed by atoms with Gasteiger partial charge in [-0.1, -0.05) is 37.8 Å². The van der Waals surface area contributed by atoms with Crippen LogP contribution >= 0.6 is 12.2 Å². The van der Waals surface area contributed by atoms with Crippen LogP contribution in [-0.4, -0.2) is 21.5 Å². The average molecular weight is 394 g/mol. The molecule has 4 rings (SSSR count). The molecule has 6 heteroatoms. The third kappa shape index (κ3) is 3.78. The molecule has 1 aliphatic carbocycles. The highest BCUT2D eigenvalue weighted by atomic mass is 32.1. The molecule has 2 N–H and O–H groups in total. The number of hydrogen-bond acceptors (Lipinski definition) is 3. The number of nitrogens with zero attached hydrogens (tertiary/aromatic N) is 1. The minimum atomic E-state index is -0.171. The van der Waals surface area contributed by atoms with Crippen LogP contribution in [0.2, 0.25) is 0 Å². The Balaban J connectivity index is 1.60. The number of aromatic nitrogens is 2. The molecular formula is C22H23N3O2S. The molecule has 5 nitrogen and oxygen atoms in total. The van der Waals surface area contributed by atoms with Gasteiger partial charge in [0.05, 0.1) is 16.6 Å². The van der Waals surface area contributed by atoms with E-state index in [0.717, 1.165) is 12.8 Å². The van der Waals surface area contributed by atoms with Crippen molar-refractivity contribution in [1.82, 2.24) is 14.9 Å². The highest BCUT2D eigenvalue weighted by Gasteiger charge is 2.16. The van der Waals surface area contributed by atoms with E-state index in [2.05, 4.69) is 10.3 Å². The smallest absolute Gasteiger partial charge is 0.266 e. The molecule has 0 spiro atoms. The van der Waals surface area contributed by atoms with E-state index >= 15 is 0 Å². The lowest BCUT2D eigenvalue weighted by atomic mass is 10.1. The average Bonchev–Trinajstić information content (AvgIpc) is 2.97. The zero-order chi connectivity index (χ0) is 19.5. The van der Waals surface area contributed by atoms with Crippen molar-refractivity contribution in [2.45, 2.75) is 44.6 Å². The molecule has 0 bridgehead atoms. The Labute approximate surface area is 168 Å². The minimum Gasteiger partial charge on any atom is -0.349 e. The molecule has 1 saturated carbocycles. The van der Waals surface area contributed by atoms with E-state index in [1.54, 1.807) is 30.3 Å². The summed E-state index contributed by atoms with van der Waals surface area (Å²) in [6.45, 7) is 0. The van der Waals surface area contributed by atoms with Crippen molar-refractivity contribution in [3.05, 3.63) is 69.2 Å². The van der Waals surface area contributed by atoms with Gasteiger partial charge in [-0.3, -0.25) is 14.2 Å². The summed E-state index contributed by atoms with van der Waals surface area (Å²) in [6, 6.07) is 14.6. The Kier molecular flexibility index (Phi) is 5.39. The molecule has 0 radical (unpaired) electrons. The van der Waals surface area contributed by atoms with Gasteiger partial charge in [-0.25, -0.2) is 0 Å². The van der Waals surface area contributed by atoms with Crippen molar-refractivity contribution in [2.24, 2.45) is 0 Å². The quantitative estimate of drug-likeness (QED) is 0.508. The highest BCUT2D eigenvalue weighted by molar-refractivity contribution is 7.71. The second kappa shape index (κ2) is 8.10. The largest absolute Gasteiger partial charge is 0.349 e. The first-order valence-electron chi connectivity index (χ1n) is 9.79. The van der Waals surface area contributed by atoms with Crippen molar-refractivity contribution < 1.29 is 4.79 Å². The Bertz CT molecular complexity index is 1110. The first-order chi connectivity index (χ1) is 13.6. The van der Waals surface area contributed by atoms with Gasteiger partial charge in [0.2, 0.25) is 0 Å². The predicted molar refractivity (Wildman–Crippen MR) is 114 cm³/mol. The maximum atomic E-state index is 12.9. The lowest BCUT2D eigenvalue weighted by Crippen LogP contribution is -2.34. The molecule has 0 unspecified atom stereocenters. The summed E-state index contributed by atoms with van der Waals surface area (Å²) in [6.07, 6.45) is 6.95. The second-order valence-electron chi connectivity index (χ2n) is 7.33. The highest BCUT2D eigenvalue weighted by Crippen LogP contribution is 2.18. The fourth-order valence-electron chi connectivity index (χ4n) is 3.85. The van der Waals surface area contributed by atoms with E-state index < -0.39 is 0 Å². The van der Waals surface area contributed by atoms with E-state index in [9.17, 15) is 9.59 Å². The molecule has 0 aliphatic heterocycles. The van der Waals surface area contributed by atoms with Gasteiger partial charge < -0.3 is 10.3 Å². The monoisotopic (exact) mass is 393 g/mol. The van der Waals surface area contributed by atoms with Gasteiger partial charge in [0, 0.05) is 11.6 Å². The molecule has 1 heterocycles. The van der Waals surface area contributed by atoms with Crippen molar-refractivity contribution in [2.75, 3.05) is 0 Å². The first kappa shape index (κ1) is 18.6. The fraction of sp³-hybridized carbons (Fsp3) is 0.318. The van der Waals surface area contributed by atoms with Crippen LogP contribution in [0.4, 0.5) is 0 Å². The Morgan fingerprint density at radius 3 is 2.39 bits per heavy atom. The van der Waals surface area contributed by atoms with Gasteiger partial charge in [-0.05, 0) is 61.5 Å². The number of hydrogen-bond donors (Lipinski definition) is 2. The van der Waals surface area contributed by atoms with Gasteiger partial charge in [0.1, 0.15) is 0 Å². The summed E-state index contributed by atoms with van der Waals surface area (Å²) in [4.78, 5) is 28.5. The third-order valence-electron chi connectivity index (χ3n) is 5.38. The lowest BCUT2D eigenvalue weighted by Gasteiger charge is -2.16. The number of nitrogens with one attached hydrogen (secondary N) is 2. The van der Waals surface area contributed by atoms with Crippen LogP contribution in [0.25, 0.3) is 16.6 Å². The van der Waals surface area contributed by atoms with Gasteiger partial charge in [-0.15, -0.1) is 0 Å². The summed E-state index contributed by atoms with van der Waals surface area (Å²) in [5, 5.41) is 3.72. The predicted octanol–water partition coefficient (Wildman–Crippen LogP) is 4.50. The van der Waals surface area contributed by atoms with Crippen LogP contribution < -0.4 is 10.9 Å². The first-order valence-corrected chi connectivity index (χ1v) is 10.2. The number of benzene rings is 2. The van der Waals surface area contributed by atoms with Crippen LogP contribution in [0, 0.1) is 4.77 Å². The number of carbonyl (C=O) groups excluding carboxylic acids is 1. The normalized spacial score (nSPS) is 15.3. The van der Waals surface area contributed by atoms with Gasteiger partial charge >= 0.3 is 0 Å². The van der Waals surface area contributed by atoms with Gasteiger partial charge in [0.15, 0.2) is 4.77 Å². The van der Waals surface area contributed by atoms with Gasteiger partial charge in [0.25, 0.3) is 11.5 Å². The molecule has 0 atom stereocenters. The zero-order valence-electron chi connectivity index (χ0n) is 15.6. The van der Waals surface area contributed by atoms with Crippen LogP contribution in [0.1, 0.15) is 48.9 Å². The molecule has 28 heavy (non-hydrogen) atoms. The number of carbonyl (C=O) groups is 1. The van der Waals surface area contributed by atoms with E-state index in [-0.39, 0.29) is 17.5 Å². The Morgan fingerprint density at radius 1 is 1.00 bits per heavy atom. The van der Waals surface area contributed by atoms with Crippen molar-refractivity contribution in [3.63, 3.8) is 0 Å². The SMILES string of the molecule is O=C(NC1CCCCCC1)c1ccc(-n2c(=S)[nH]c3ccccc3c2=O)cc1. The molecule has 1 fully saturated rings. The van der Waals surface area contributed by atoms with Crippen LogP contribution in [0.15, 0.2) is 53.3 Å². The molecule has 0 saturated heterocycles. The van der Waals surface area contributed by atoms with Crippen molar-refractivity contribution in [1.29, 1.82) is 0 Å². The minimum absolute atomic E-state index is 0.0607. The molecule has 2 aromatic carbocycles. The van der Waals surface area contributed by atoms with E-state index in [1.807, 2.05) is 18.2 Å². The van der Waals surface area contributed by atoms with E-state index in [0.29, 0.717) is 26.9 Å². The third-order valence-corrected chi connectivity index (χ3v) is 5.67. The number of fused-ring (bicyclic) bond motifs is 1. The van der Waals surface area contributed by atoms with Crippen LogP contribution in [0.5, 0.6) is 0 Å². The molecule has 1 amide bonds. The number of amides is 1. The molecule has 1 aromatic heterocycles. The van der Waals surface area contributed by atoms with Crippen molar-refractivity contribution in [3.8, 4) is 5.69 Å². The molecule has 1 aliphatic rings. The lowest BCUT2D eigenvalue weighted by molar-refractivity contribution is 0.0933. The van der Waals surface area contributed by atoms with Crippen LogP contribution in [-0.2, 0) is 0 Å². The summed E-state index contributed by atoms with van der Waals surface area (Å²) < 4.78 is 1.80. The standard InChI is InChI=1S/C22H23N3O2S/c26-20(23-16-7-3-1-2-4-8-16)15-11-13-17(14-12-15)25-21(27)18-9-5-6-10-19(18)24-22(25)28/h5-6,9-14,16H,1-4,7-8H2,(H,23,26)(H,24,28). The van der Waals surface area contributed by atoms with Crippen molar-refractivity contribution >= 4 is 29.0 Å². The molecular weight excluding hydrogens is 370 g/mol. The second-order valence-corrected chi connectivity index (χ2v) is 7.71. The summed E-state index contributed by atoms with van der Waals surface area (Å²) in [5.74, 6) is -0.0607. The molecule has 3 aromatic rings. The number of aromatic amines is 1. The topological polar surface area (TPSA) is 66.9 Å². The maximum Gasteiger partial charge on any atom is 0.266 e. The zero-order valence-corrected chi connectivity index (χ0v) is 16.4. The molecule has 144 valence electrons. The fourth-order valence-corrected chi connectivity index (χ4v) is 4.15. The summed E-state index contributed by atoms with van der Waals surface area (Å²) in [7, 11) is 0. The number of para-hydroxylation sites is 1. The number of H-pyrrole nitrogens is 1.